The quantitative estimate of drug-likeness (QED) is 0.487. The molecule has 0 aliphatic rings. The number of carbonyl (C=O) groups is 1. The molecule has 4 aromatic rings. The number of hydrogen-bond donors (Lipinski definition) is 1. The fourth-order valence-corrected chi connectivity index (χ4v) is 3.78. The van der Waals surface area contributed by atoms with Gasteiger partial charge in [-0.05, 0) is 66.4 Å². The van der Waals surface area contributed by atoms with Crippen LogP contribution in [0.25, 0.3) is 10.2 Å². The zero-order valence-corrected chi connectivity index (χ0v) is 17.5. The Labute approximate surface area is 182 Å². The molecule has 31 heavy (non-hydrogen) atoms. The number of aromatic nitrogens is 2. The second-order valence-electron chi connectivity index (χ2n) is 6.90. The van der Waals surface area contributed by atoms with Crippen LogP contribution in [0.4, 0.5) is 5.69 Å². The number of ether oxygens (including phenoxy) is 1. The van der Waals surface area contributed by atoms with Gasteiger partial charge >= 0.3 is 0 Å². The first-order valence-corrected chi connectivity index (χ1v) is 10.4. The molecule has 0 atom stereocenters. The van der Waals surface area contributed by atoms with Crippen LogP contribution in [-0.2, 0) is 11.3 Å². The molecule has 0 unspecified atom stereocenters. The molecular weight excluding hydrogens is 412 g/mol. The number of nitrogens with one attached hydrogen (secondary N) is 1. The van der Waals surface area contributed by atoms with E-state index < -0.39 is 0 Å². The summed E-state index contributed by atoms with van der Waals surface area (Å²) in [4.78, 5) is 29.8. The highest BCUT2D eigenvalue weighted by Crippen LogP contribution is 2.26. The molecule has 2 heterocycles. The topological polar surface area (TPSA) is 97.0 Å². The van der Waals surface area contributed by atoms with Gasteiger partial charge in [0.05, 0.1) is 23.3 Å². The van der Waals surface area contributed by atoms with Crippen LogP contribution in [0.15, 0.2) is 65.0 Å². The Bertz CT molecular complexity index is 1350. The molecule has 4 rings (SSSR count). The first-order chi connectivity index (χ1) is 15.0. The number of rotatable bonds is 6. The third kappa shape index (κ3) is 4.63. The van der Waals surface area contributed by atoms with Crippen molar-refractivity contribution in [3.05, 3.63) is 81.7 Å². The summed E-state index contributed by atoms with van der Waals surface area (Å²) in [6.45, 7) is 2.13. The number of anilines is 1. The number of amides is 1. The van der Waals surface area contributed by atoms with Gasteiger partial charge in [0, 0.05) is 18.7 Å². The molecule has 0 aliphatic carbocycles. The highest BCUT2D eigenvalue weighted by Gasteiger charge is 2.09. The fourth-order valence-electron chi connectivity index (χ4n) is 3.06. The molecule has 0 saturated carbocycles. The lowest BCUT2D eigenvalue weighted by molar-refractivity contribution is -0.116. The largest absolute Gasteiger partial charge is 0.457 e. The van der Waals surface area contributed by atoms with E-state index in [1.54, 1.807) is 42.5 Å². The van der Waals surface area contributed by atoms with Crippen LogP contribution in [0.1, 0.15) is 17.5 Å². The van der Waals surface area contributed by atoms with E-state index in [4.69, 9.17) is 10.00 Å². The van der Waals surface area contributed by atoms with Crippen molar-refractivity contribution in [1.82, 2.24) is 9.55 Å². The van der Waals surface area contributed by atoms with Crippen molar-refractivity contribution in [3.8, 4) is 17.6 Å². The second-order valence-corrected chi connectivity index (χ2v) is 7.79. The van der Waals surface area contributed by atoms with E-state index in [9.17, 15) is 9.59 Å². The first-order valence-electron chi connectivity index (χ1n) is 9.54. The average molecular weight is 430 g/mol. The van der Waals surface area contributed by atoms with Crippen LogP contribution in [-0.4, -0.2) is 15.5 Å². The van der Waals surface area contributed by atoms with E-state index >= 15 is 0 Å². The monoisotopic (exact) mass is 430 g/mol. The van der Waals surface area contributed by atoms with E-state index in [2.05, 4.69) is 16.4 Å². The summed E-state index contributed by atoms with van der Waals surface area (Å²) in [5.74, 6) is 1.06. The van der Waals surface area contributed by atoms with Gasteiger partial charge in [-0.1, -0.05) is 0 Å². The number of benzene rings is 2. The SMILES string of the molecule is Cc1cc(Oc2ccc(C#N)cc2)ccc1NC(=O)CCn1cnc2sccc2c1=O. The number of carbonyl (C=O) groups excluding carboxylic acids is 1. The molecular formula is C23H18N4O3S. The van der Waals surface area contributed by atoms with Crippen LogP contribution in [0.2, 0.25) is 0 Å². The smallest absolute Gasteiger partial charge is 0.262 e. The van der Waals surface area contributed by atoms with Crippen LogP contribution in [0.5, 0.6) is 11.5 Å². The highest BCUT2D eigenvalue weighted by molar-refractivity contribution is 7.16. The Morgan fingerprint density at radius 3 is 2.71 bits per heavy atom. The minimum Gasteiger partial charge on any atom is -0.457 e. The maximum absolute atomic E-state index is 12.4. The normalized spacial score (nSPS) is 10.6. The molecule has 8 heteroatoms. The summed E-state index contributed by atoms with van der Waals surface area (Å²) in [5.41, 5.74) is 1.95. The molecule has 0 aliphatic heterocycles. The van der Waals surface area contributed by atoms with Crippen molar-refractivity contribution >= 4 is 33.1 Å². The average Bonchev–Trinajstić information content (AvgIpc) is 3.25. The van der Waals surface area contributed by atoms with Gasteiger partial charge in [-0.15, -0.1) is 11.3 Å². The van der Waals surface area contributed by atoms with Crippen molar-refractivity contribution in [2.45, 2.75) is 19.9 Å². The van der Waals surface area contributed by atoms with Gasteiger partial charge in [-0.3, -0.25) is 14.2 Å². The lowest BCUT2D eigenvalue weighted by Gasteiger charge is -2.12. The minimum atomic E-state index is -0.193. The molecule has 2 aromatic carbocycles. The van der Waals surface area contributed by atoms with Crippen LogP contribution in [0, 0.1) is 18.3 Å². The summed E-state index contributed by atoms with van der Waals surface area (Å²) >= 11 is 1.41. The lowest BCUT2D eigenvalue weighted by atomic mass is 10.2. The van der Waals surface area contributed by atoms with E-state index in [1.165, 1.54) is 22.2 Å². The Kier molecular flexibility index (Phi) is 5.78. The Morgan fingerprint density at radius 1 is 1.19 bits per heavy atom. The predicted molar refractivity (Wildman–Crippen MR) is 120 cm³/mol. The number of fused-ring (bicyclic) bond motifs is 1. The van der Waals surface area contributed by atoms with Gasteiger partial charge in [0.2, 0.25) is 5.91 Å². The zero-order valence-electron chi connectivity index (χ0n) is 16.7. The molecule has 1 N–H and O–H groups in total. The number of hydrogen-bond acceptors (Lipinski definition) is 6. The van der Waals surface area contributed by atoms with E-state index in [-0.39, 0.29) is 24.4 Å². The standard InChI is InChI=1S/C23H18N4O3S/c1-15-12-18(30-17-4-2-16(13-24)3-5-17)6-7-20(15)26-21(28)8-10-27-14-25-22-19(23(27)29)9-11-31-22/h2-7,9,11-12,14H,8,10H2,1H3,(H,26,28). The first kappa shape index (κ1) is 20.3. The van der Waals surface area contributed by atoms with Crippen LogP contribution < -0.4 is 15.6 Å². The highest BCUT2D eigenvalue weighted by atomic mass is 32.1. The Morgan fingerprint density at radius 2 is 1.97 bits per heavy atom. The number of aryl methyl sites for hydroxylation is 2. The van der Waals surface area contributed by atoms with Crippen molar-refractivity contribution in [1.29, 1.82) is 5.26 Å². The van der Waals surface area contributed by atoms with Gasteiger partial charge < -0.3 is 10.1 Å². The molecule has 2 aromatic heterocycles. The third-order valence-corrected chi connectivity index (χ3v) is 5.54. The minimum absolute atomic E-state index is 0.139. The predicted octanol–water partition coefficient (Wildman–Crippen LogP) is 4.46. The summed E-state index contributed by atoms with van der Waals surface area (Å²) in [5, 5.41) is 14.1. The van der Waals surface area contributed by atoms with Crippen molar-refractivity contribution in [2.75, 3.05) is 5.32 Å². The summed E-state index contributed by atoms with van der Waals surface area (Å²) in [6.07, 6.45) is 1.63. The Balaban J connectivity index is 1.38. The third-order valence-electron chi connectivity index (χ3n) is 4.72. The second kappa shape index (κ2) is 8.81. The summed E-state index contributed by atoms with van der Waals surface area (Å²) < 4.78 is 7.25. The Hall–Kier alpha value is -3.96. The number of thiophene rings is 1. The zero-order chi connectivity index (χ0) is 21.8. The van der Waals surface area contributed by atoms with E-state index in [0.717, 1.165) is 5.56 Å². The molecule has 1 amide bonds. The maximum Gasteiger partial charge on any atom is 0.262 e. The lowest BCUT2D eigenvalue weighted by Crippen LogP contribution is -2.23. The molecule has 0 radical (unpaired) electrons. The molecule has 7 nitrogen and oxygen atoms in total. The molecule has 0 fully saturated rings. The maximum atomic E-state index is 12.4. The van der Waals surface area contributed by atoms with Crippen molar-refractivity contribution in [2.24, 2.45) is 0 Å². The summed E-state index contributed by atoms with van der Waals surface area (Å²) in [6, 6.07) is 16.0. The summed E-state index contributed by atoms with van der Waals surface area (Å²) in [7, 11) is 0. The van der Waals surface area contributed by atoms with Crippen molar-refractivity contribution < 1.29 is 9.53 Å². The number of nitriles is 1. The molecule has 0 bridgehead atoms. The van der Waals surface area contributed by atoms with Crippen molar-refractivity contribution in [3.63, 3.8) is 0 Å². The van der Waals surface area contributed by atoms with Gasteiger partial charge in [0.15, 0.2) is 0 Å². The molecule has 0 spiro atoms. The van der Waals surface area contributed by atoms with E-state index in [1.807, 2.05) is 18.4 Å². The van der Waals surface area contributed by atoms with E-state index in [0.29, 0.717) is 33.0 Å². The van der Waals surface area contributed by atoms with Gasteiger partial charge in [-0.2, -0.15) is 5.26 Å². The van der Waals surface area contributed by atoms with Crippen LogP contribution in [0.3, 0.4) is 0 Å². The van der Waals surface area contributed by atoms with Gasteiger partial charge in [-0.25, -0.2) is 4.98 Å². The number of nitrogens with zero attached hydrogens (tertiary/aromatic N) is 3. The van der Waals surface area contributed by atoms with Gasteiger partial charge in [0.1, 0.15) is 16.3 Å². The van der Waals surface area contributed by atoms with Crippen LogP contribution >= 0.6 is 11.3 Å². The molecule has 0 saturated heterocycles. The fraction of sp³-hybridized carbons (Fsp3) is 0.130. The van der Waals surface area contributed by atoms with Gasteiger partial charge in [0.25, 0.3) is 5.56 Å². The molecule has 154 valence electrons.